The van der Waals surface area contributed by atoms with Gasteiger partial charge < -0.3 is 10.1 Å². The summed E-state index contributed by atoms with van der Waals surface area (Å²) in [5.41, 5.74) is 1.04. The average Bonchev–Trinajstić information content (AvgIpc) is 2.84. The molecule has 2 atom stereocenters. The summed E-state index contributed by atoms with van der Waals surface area (Å²) in [5.74, 6) is 0.128. The van der Waals surface area contributed by atoms with E-state index in [2.05, 4.69) is 10.4 Å². The van der Waals surface area contributed by atoms with Crippen molar-refractivity contribution in [3.8, 4) is 0 Å². The van der Waals surface area contributed by atoms with Crippen LogP contribution < -0.4 is 5.32 Å². The van der Waals surface area contributed by atoms with Crippen molar-refractivity contribution >= 4 is 5.97 Å². The molecule has 0 radical (unpaired) electrons. The fourth-order valence-corrected chi connectivity index (χ4v) is 1.93. The van der Waals surface area contributed by atoms with Crippen LogP contribution in [0.15, 0.2) is 12.3 Å². The van der Waals surface area contributed by atoms with Gasteiger partial charge in [0.2, 0.25) is 0 Å². The van der Waals surface area contributed by atoms with Crippen LogP contribution in [0.3, 0.4) is 0 Å². The second-order valence-corrected chi connectivity index (χ2v) is 3.83. The molecule has 15 heavy (non-hydrogen) atoms. The molecule has 5 heteroatoms. The number of ether oxygens (including phenoxy) is 1. The van der Waals surface area contributed by atoms with Gasteiger partial charge in [-0.15, -0.1) is 0 Å². The highest BCUT2D eigenvalue weighted by atomic mass is 16.5. The van der Waals surface area contributed by atoms with Crippen LogP contribution in [0.5, 0.6) is 0 Å². The van der Waals surface area contributed by atoms with Gasteiger partial charge in [-0.05, 0) is 12.5 Å². The maximum Gasteiger partial charge on any atom is 0.322 e. The van der Waals surface area contributed by atoms with Gasteiger partial charge >= 0.3 is 5.97 Å². The van der Waals surface area contributed by atoms with Crippen LogP contribution in [-0.2, 0) is 16.6 Å². The Kier molecular flexibility index (Phi) is 2.73. The number of aryl methyl sites for hydroxylation is 1. The molecule has 1 aromatic rings. The Balaban J connectivity index is 2.01. The van der Waals surface area contributed by atoms with Gasteiger partial charge in [-0.25, -0.2) is 0 Å². The van der Waals surface area contributed by atoms with E-state index in [1.807, 2.05) is 19.3 Å². The zero-order chi connectivity index (χ0) is 10.8. The van der Waals surface area contributed by atoms with Crippen molar-refractivity contribution in [2.75, 3.05) is 13.7 Å². The Morgan fingerprint density at radius 3 is 3.13 bits per heavy atom. The van der Waals surface area contributed by atoms with E-state index in [1.54, 1.807) is 4.68 Å². The van der Waals surface area contributed by atoms with E-state index in [0.717, 1.165) is 18.7 Å². The van der Waals surface area contributed by atoms with Gasteiger partial charge in [-0.1, -0.05) is 0 Å². The maximum absolute atomic E-state index is 11.3. The molecule has 1 aliphatic heterocycles. The molecule has 0 saturated carbocycles. The van der Waals surface area contributed by atoms with Crippen molar-refractivity contribution in [3.63, 3.8) is 0 Å². The first-order valence-electron chi connectivity index (χ1n) is 5.01. The molecule has 0 amide bonds. The number of hydrogen-bond acceptors (Lipinski definition) is 4. The molecule has 1 aliphatic rings. The van der Waals surface area contributed by atoms with E-state index in [4.69, 9.17) is 4.74 Å². The molecule has 0 aromatic carbocycles. The fraction of sp³-hybridized carbons (Fsp3) is 0.600. The molecule has 1 fully saturated rings. The monoisotopic (exact) mass is 209 g/mol. The Labute approximate surface area is 88.4 Å². The van der Waals surface area contributed by atoms with E-state index < -0.39 is 0 Å². The lowest BCUT2D eigenvalue weighted by Crippen LogP contribution is -2.31. The number of carbonyl (C=O) groups is 1. The minimum atomic E-state index is -0.187. The molecule has 1 N–H and O–H groups in total. The summed E-state index contributed by atoms with van der Waals surface area (Å²) >= 11 is 0. The predicted molar refractivity (Wildman–Crippen MR) is 54.4 cm³/mol. The number of nitrogens with zero attached hydrogens (tertiary/aromatic N) is 2. The Morgan fingerprint density at radius 2 is 2.53 bits per heavy atom. The molecule has 5 nitrogen and oxygen atoms in total. The van der Waals surface area contributed by atoms with Gasteiger partial charge in [0.1, 0.15) is 6.04 Å². The first-order valence-corrected chi connectivity index (χ1v) is 5.01. The van der Waals surface area contributed by atoms with Crippen LogP contribution in [-0.4, -0.2) is 35.4 Å². The molecule has 1 unspecified atom stereocenters. The van der Waals surface area contributed by atoms with Crippen LogP contribution >= 0.6 is 0 Å². The summed E-state index contributed by atoms with van der Waals surface area (Å²) < 4.78 is 6.48. The molecule has 1 saturated heterocycles. The minimum absolute atomic E-state index is 0.179. The van der Waals surface area contributed by atoms with E-state index >= 15 is 0 Å². The molecule has 2 heterocycles. The first-order chi connectivity index (χ1) is 7.20. The third kappa shape index (κ3) is 2.02. The smallest absolute Gasteiger partial charge is 0.322 e. The van der Waals surface area contributed by atoms with Gasteiger partial charge in [0.15, 0.2) is 0 Å². The van der Waals surface area contributed by atoms with Crippen molar-refractivity contribution in [2.45, 2.75) is 18.4 Å². The minimum Gasteiger partial charge on any atom is -0.468 e. The number of hydrogen-bond donors (Lipinski definition) is 1. The van der Waals surface area contributed by atoms with E-state index in [0.29, 0.717) is 5.92 Å². The maximum atomic E-state index is 11.3. The largest absolute Gasteiger partial charge is 0.468 e. The lowest BCUT2D eigenvalue weighted by molar-refractivity contribution is -0.142. The number of rotatable bonds is 2. The zero-order valence-corrected chi connectivity index (χ0v) is 8.93. The molecule has 0 spiro atoms. The van der Waals surface area contributed by atoms with Gasteiger partial charge in [0.05, 0.1) is 12.8 Å². The summed E-state index contributed by atoms with van der Waals surface area (Å²) in [5, 5.41) is 7.48. The normalized spacial score (nSPS) is 25.5. The van der Waals surface area contributed by atoms with Gasteiger partial charge in [0, 0.05) is 25.7 Å². The zero-order valence-electron chi connectivity index (χ0n) is 8.93. The van der Waals surface area contributed by atoms with E-state index in [-0.39, 0.29) is 12.0 Å². The number of esters is 1. The number of aromatic nitrogens is 2. The van der Waals surface area contributed by atoms with E-state index in [9.17, 15) is 4.79 Å². The molecular weight excluding hydrogens is 194 g/mol. The number of nitrogens with one attached hydrogen (secondary N) is 1. The van der Waals surface area contributed by atoms with Crippen molar-refractivity contribution in [3.05, 3.63) is 18.0 Å². The Morgan fingerprint density at radius 1 is 1.73 bits per heavy atom. The Hall–Kier alpha value is -1.36. The third-order valence-corrected chi connectivity index (χ3v) is 2.77. The molecule has 1 aromatic heterocycles. The topological polar surface area (TPSA) is 56.2 Å². The summed E-state index contributed by atoms with van der Waals surface area (Å²) in [6.07, 6.45) is 2.69. The van der Waals surface area contributed by atoms with Crippen LogP contribution in [0.2, 0.25) is 0 Å². The van der Waals surface area contributed by atoms with Crippen LogP contribution in [0.25, 0.3) is 0 Å². The lowest BCUT2D eigenvalue weighted by atomic mass is 10.0. The van der Waals surface area contributed by atoms with Crippen LogP contribution in [0.1, 0.15) is 18.0 Å². The molecule has 0 bridgehead atoms. The highest BCUT2D eigenvalue weighted by Crippen LogP contribution is 2.24. The second-order valence-electron chi connectivity index (χ2n) is 3.83. The lowest BCUT2D eigenvalue weighted by Gasteiger charge is -2.06. The molecule has 82 valence electrons. The summed E-state index contributed by atoms with van der Waals surface area (Å²) in [6.45, 7) is 0.788. The highest BCUT2D eigenvalue weighted by molar-refractivity contribution is 5.76. The SMILES string of the molecule is COC(=O)[C@@H]1CC(c2ccn(C)n2)CN1. The number of methoxy groups -OCH3 is 1. The van der Waals surface area contributed by atoms with Crippen molar-refractivity contribution in [1.82, 2.24) is 15.1 Å². The summed E-state index contributed by atoms with van der Waals surface area (Å²) in [7, 11) is 3.31. The van der Waals surface area contributed by atoms with Crippen molar-refractivity contribution < 1.29 is 9.53 Å². The fourth-order valence-electron chi connectivity index (χ4n) is 1.93. The van der Waals surface area contributed by atoms with Gasteiger partial charge in [-0.2, -0.15) is 5.10 Å². The van der Waals surface area contributed by atoms with Crippen LogP contribution in [0, 0.1) is 0 Å². The standard InChI is InChI=1S/C10H15N3O2/c1-13-4-3-8(12-13)7-5-9(11-6-7)10(14)15-2/h3-4,7,9,11H,5-6H2,1-2H3/t7?,9-/m0/s1. The second kappa shape index (κ2) is 4.02. The average molecular weight is 209 g/mol. The summed E-state index contributed by atoms with van der Waals surface area (Å²) in [6, 6.07) is 1.81. The predicted octanol–water partition coefficient (Wildman–Crippen LogP) is 0.0386. The van der Waals surface area contributed by atoms with Gasteiger partial charge in [-0.3, -0.25) is 9.48 Å². The first kappa shape index (κ1) is 10.2. The van der Waals surface area contributed by atoms with Gasteiger partial charge in [0.25, 0.3) is 0 Å². The van der Waals surface area contributed by atoms with Crippen LogP contribution in [0.4, 0.5) is 0 Å². The van der Waals surface area contributed by atoms with E-state index in [1.165, 1.54) is 7.11 Å². The molecule has 0 aliphatic carbocycles. The molecule has 2 rings (SSSR count). The molecular formula is C10H15N3O2. The third-order valence-electron chi connectivity index (χ3n) is 2.77. The quantitative estimate of drug-likeness (QED) is 0.699. The number of carbonyl (C=O) groups excluding carboxylic acids is 1. The van der Waals surface area contributed by atoms with Crippen molar-refractivity contribution in [1.29, 1.82) is 0 Å². The summed E-state index contributed by atoms with van der Waals surface area (Å²) in [4.78, 5) is 11.3. The highest BCUT2D eigenvalue weighted by Gasteiger charge is 2.31. The van der Waals surface area contributed by atoms with Crippen molar-refractivity contribution in [2.24, 2.45) is 7.05 Å². The Bertz CT molecular complexity index is 361.